The van der Waals surface area contributed by atoms with Gasteiger partial charge in [0, 0.05) is 0 Å². The fourth-order valence-electron chi connectivity index (χ4n) is 4.10. The van der Waals surface area contributed by atoms with Crippen LogP contribution in [-0.2, 0) is 29.6 Å². The molecule has 32 heavy (non-hydrogen) atoms. The number of amides is 1. The maximum Gasteiger partial charge on any atom is 0.257 e. The van der Waals surface area contributed by atoms with E-state index in [9.17, 15) is 21.6 Å². The van der Waals surface area contributed by atoms with Crippen LogP contribution in [0.3, 0.4) is 0 Å². The Balaban J connectivity index is 2.41. The predicted octanol–water partition coefficient (Wildman–Crippen LogP) is 1.96. The summed E-state index contributed by atoms with van der Waals surface area (Å²) < 4.78 is 57.5. The number of rotatable bonds is 6. The van der Waals surface area contributed by atoms with Gasteiger partial charge in [-0.2, -0.15) is 0 Å². The van der Waals surface area contributed by atoms with Crippen molar-refractivity contribution in [3.8, 4) is 0 Å². The minimum atomic E-state index is -4.56. The molecule has 1 aliphatic rings. The average Bonchev–Trinajstić information content (AvgIpc) is 3.20. The third-order valence-corrected chi connectivity index (χ3v) is 10.1. The molecule has 2 atom stereocenters. The molecule has 2 heterocycles. The van der Waals surface area contributed by atoms with Gasteiger partial charge in [0.1, 0.15) is 16.0 Å². The summed E-state index contributed by atoms with van der Waals surface area (Å²) in [7, 11) is -8.78. The SMILES string of the molecule is Cc1cc(C)c(S(N)(=O)=O)c(C)c1C1(S(=O)(=O)Nc2onc(C)c2Cl)C=CSC1C(N)=O. The summed E-state index contributed by atoms with van der Waals surface area (Å²) in [5.74, 6) is -1.26. The van der Waals surface area contributed by atoms with Crippen molar-refractivity contribution < 1.29 is 26.2 Å². The van der Waals surface area contributed by atoms with E-state index in [1.54, 1.807) is 13.8 Å². The fraction of sp³-hybridized carbons (Fsp3) is 0.333. The van der Waals surface area contributed by atoms with Crippen molar-refractivity contribution in [2.45, 2.75) is 42.6 Å². The average molecular weight is 521 g/mol. The van der Waals surface area contributed by atoms with Gasteiger partial charge in [0.2, 0.25) is 26.0 Å². The lowest BCUT2D eigenvalue weighted by Crippen LogP contribution is -2.51. The molecular formula is C18H21ClN4O6S3. The van der Waals surface area contributed by atoms with Gasteiger partial charge in [-0.05, 0) is 61.4 Å². The van der Waals surface area contributed by atoms with Crippen LogP contribution >= 0.6 is 23.4 Å². The van der Waals surface area contributed by atoms with Crippen molar-refractivity contribution in [1.82, 2.24) is 5.16 Å². The molecule has 0 spiro atoms. The van der Waals surface area contributed by atoms with Gasteiger partial charge < -0.3 is 10.3 Å². The molecule has 0 saturated heterocycles. The molecule has 14 heteroatoms. The molecule has 1 aromatic heterocycles. The number of sulfonamides is 2. The van der Waals surface area contributed by atoms with Crippen LogP contribution in [0.15, 0.2) is 27.0 Å². The molecule has 1 amide bonds. The molecule has 1 aliphatic heterocycles. The molecule has 174 valence electrons. The highest BCUT2D eigenvalue weighted by Gasteiger charge is 2.57. The number of carbonyl (C=O) groups excluding carboxylic acids is 1. The second-order valence-electron chi connectivity index (χ2n) is 7.42. The van der Waals surface area contributed by atoms with E-state index < -0.39 is 36.0 Å². The molecule has 1 aromatic carbocycles. The Kier molecular flexibility index (Phi) is 6.19. The number of thioether (sulfide) groups is 1. The summed E-state index contributed by atoms with van der Waals surface area (Å²) in [6.45, 7) is 6.11. The van der Waals surface area contributed by atoms with Crippen LogP contribution in [0.4, 0.5) is 5.88 Å². The Morgan fingerprint density at radius 1 is 1.22 bits per heavy atom. The number of hydrogen-bond acceptors (Lipinski definition) is 8. The molecule has 5 N–H and O–H groups in total. The Labute approximate surface area is 194 Å². The fourth-order valence-corrected chi connectivity index (χ4v) is 8.71. The normalized spacial score (nSPS) is 21.1. The summed E-state index contributed by atoms with van der Waals surface area (Å²) in [5.41, 5.74) is 6.77. The highest BCUT2D eigenvalue weighted by molar-refractivity contribution is 8.05. The number of nitrogens with one attached hydrogen (secondary N) is 1. The van der Waals surface area contributed by atoms with Crippen molar-refractivity contribution in [2.75, 3.05) is 4.72 Å². The Hall–Kier alpha value is -2.06. The molecule has 0 bridgehead atoms. The number of nitrogens with zero attached hydrogens (tertiary/aromatic N) is 1. The van der Waals surface area contributed by atoms with E-state index in [0.29, 0.717) is 11.1 Å². The van der Waals surface area contributed by atoms with Crippen LogP contribution in [0.5, 0.6) is 0 Å². The number of nitrogens with two attached hydrogens (primary N) is 2. The minimum absolute atomic E-state index is 0.0587. The van der Waals surface area contributed by atoms with Crippen LogP contribution in [0, 0.1) is 27.7 Å². The van der Waals surface area contributed by atoms with Crippen LogP contribution in [0.2, 0.25) is 5.02 Å². The molecule has 0 aliphatic carbocycles. The number of primary amides is 1. The van der Waals surface area contributed by atoms with Crippen molar-refractivity contribution in [3.05, 3.63) is 50.5 Å². The standard InChI is InChI=1S/C18H21ClN4O6S3/c1-8-7-9(2)14(31(21,25)26)10(3)12(8)18(5-6-30-15(18)16(20)24)32(27,28)23-17-13(19)11(4)22-29-17/h5-7,15,23H,1-4H3,(H2,20,24)(H2,21,25,26). The van der Waals surface area contributed by atoms with Crippen molar-refractivity contribution in [2.24, 2.45) is 10.9 Å². The Bertz CT molecular complexity index is 1370. The number of carbonyl (C=O) groups is 1. The van der Waals surface area contributed by atoms with E-state index in [0.717, 1.165) is 11.8 Å². The quantitative estimate of drug-likeness (QED) is 0.517. The lowest BCUT2D eigenvalue weighted by molar-refractivity contribution is -0.117. The third-order valence-electron chi connectivity index (χ3n) is 5.22. The topological polar surface area (TPSA) is 175 Å². The maximum atomic E-state index is 13.8. The molecule has 0 saturated carbocycles. The second kappa shape index (κ2) is 8.06. The van der Waals surface area contributed by atoms with Crippen molar-refractivity contribution >= 4 is 55.2 Å². The highest BCUT2D eigenvalue weighted by Crippen LogP contribution is 2.50. The summed E-state index contributed by atoms with van der Waals surface area (Å²) in [5, 5.41) is 9.09. The number of anilines is 1. The summed E-state index contributed by atoms with van der Waals surface area (Å²) in [6, 6.07) is 1.50. The predicted molar refractivity (Wildman–Crippen MR) is 122 cm³/mol. The van der Waals surface area contributed by atoms with Gasteiger partial charge in [-0.1, -0.05) is 22.8 Å². The highest BCUT2D eigenvalue weighted by atomic mass is 35.5. The first-order chi connectivity index (χ1) is 14.6. The van der Waals surface area contributed by atoms with Gasteiger partial charge in [-0.25, -0.2) is 26.7 Å². The van der Waals surface area contributed by atoms with Gasteiger partial charge in [0.25, 0.3) is 5.88 Å². The first-order valence-electron chi connectivity index (χ1n) is 9.05. The summed E-state index contributed by atoms with van der Waals surface area (Å²) in [6.07, 6.45) is 1.30. The number of benzene rings is 1. The van der Waals surface area contributed by atoms with Crippen LogP contribution < -0.4 is 15.6 Å². The number of hydrogen-bond donors (Lipinski definition) is 3. The van der Waals surface area contributed by atoms with Crippen molar-refractivity contribution in [1.29, 1.82) is 0 Å². The van der Waals surface area contributed by atoms with Gasteiger partial charge in [-0.3, -0.25) is 4.79 Å². The van der Waals surface area contributed by atoms with Gasteiger partial charge >= 0.3 is 0 Å². The molecule has 3 rings (SSSR count). The zero-order valence-corrected chi connectivity index (χ0v) is 20.7. The number of aryl methyl sites for hydroxylation is 3. The first kappa shape index (κ1) is 24.6. The van der Waals surface area contributed by atoms with Gasteiger partial charge in [-0.15, -0.1) is 11.8 Å². The summed E-state index contributed by atoms with van der Waals surface area (Å²) in [4.78, 5) is 12.2. The lowest BCUT2D eigenvalue weighted by atomic mass is 9.86. The van der Waals surface area contributed by atoms with Gasteiger partial charge in [0.05, 0.1) is 4.90 Å². The van der Waals surface area contributed by atoms with Crippen LogP contribution in [0.25, 0.3) is 0 Å². The Morgan fingerprint density at radius 2 is 1.84 bits per heavy atom. The largest absolute Gasteiger partial charge is 0.369 e. The molecule has 2 unspecified atom stereocenters. The zero-order chi connectivity index (χ0) is 24.2. The number of aromatic nitrogens is 1. The monoisotopic (exact) mass is 520 g/mol. The van der Waals surface area contributed by atoms with E-state index in [4.69, 9.17) is 27.0 Å². The number of primary sulfonamides is 1. The molecule has 0 radical (unpaired) electrons. The van der Waals surface area contributed by atoms with Gasteiger partial charge in [0.15, 0.2) is 4.75 Å². The first-order valence-corrected chi connectivity index (χ1v) is 13.4. The molecule has 10 nitrogen and oxygen atoms in total. The van der Waals surface area contributed by atoms with E-state index in [2.05, 4.69) is 9.88 Å². The molecule has 0 fully saturated rings. The van der Waals surface area contributed by atoms with E-state index in [1.165, 1.54) is 31.4 Å². The smallest absolute Gasteiger partial charge is 0.257 e. The van der Waals surface area contributed by atoms with E-state index in [1.807, 2.05) is 0 Å². The van der Waals surface area contributed by atoms with Crippen LogP contribution in [-0.4, -0.2) is 33.1 Å². The zero-order valence-electron chi connectivity index (χ0n) is 17.5. The lowest BCUT2D eigenvalue weighted by Gasteiger charge is -2.35. The number of halogens is 1. The van der Waals surface area contributed by atoms with Crippen molar-refractivity contribution in [3.63, 3.8) is 0 Å². The second-order valence-corrected chi connectivity index (χ2v) is 12.2. The summed E-state index contributed by atoms with van der Waals surface area (Å²) >= 11 is 6.99. The molecule has 2 aromatic rings. The minimum Gasteiger partial charge on any atom is -0.369 e. The maximum absolute atomic E-state index is 13.8. The van der Waals surface area contributed by atoms with E-state index in [-0.39, 0.29) is 32.6 Å². The molecular weight excluding hydrogens is 500 g/mol. The third kappa shape index (κ3) is 3.71. The Morgan fingerprint density at radius 3 is 2.34 bits per heavy atom. The van der Waals surface area contributed by atoms with E-state index >= 15 is 0 Å². The van der Waals surface area contributed by atoms with Crippen LogP contribution in [0.1, 0.15) is 27.9 Å².